The topological polar surface area (TPSA) is 65.9 Å². The molecule has 0 aliphatic carbocycles. The van der Waals surface area contributed by atoms with Crippen LogP contribution in [0.3, 0.4) is 0 Å². The summed E-state index contributed by atoms with van der Waals surface area (Å²) in [5.41, 5.74) is 8.74. The lowest BCUT2D eigenvalue weighted by Gasteiger charge is -2.20. The second-order valence-electron chi connectivity index (χ2n) is 4.37. The van der Waals surface area contributed by atoms with Crippen molar-refractivity contribution in [1.29, 1.82) is 5.26 Å². The second-order valence-corrected chi connectivity index (χ2v) is 4.37. The third kappa shape index (κ3) is 2.21. The van der Waals surface area contributed by atoms with Gasteiger partial charge in [0, 0.05) is 47.6 Å². The number of rotatable bonds is 3. The van der Waals surface area contributed by atoms with Gasteiger partial charge in [0.1, 0.15) is 0 Å². The van der Waals surface area contributed by atoms with E-state index in [0.29, 0.717) is 13.0 Å². The highest BCUT2D eigenvalue weighted by molar-refractivity contribution is 6.01. The number of pyridine rings is 1. The fourth-order valence-corrected chi connectivity index (χ4v) is 2.02. The first-order valence-corrected chi connectivity index (χ1v) is 5.86. The van der Waals surface area contributed by atoms with Crippen molar-refractivity contribution in [3.63, 3.8) is 0 Å². The van der Waals surface area contributed by atoms with Gasteiger partial charge in [0.2, 0.25) is 0 Å². The normalized spacial score (nSPS) is 10.3. The Hall–Kier alpha value is -2.28. The number of aryl methyl sites for hydroxylation is 1. The quantitative estimate of drug-likeness (QED) is 0.837. The summed E-state index contributed by atoms with van der Waals surface area (Å²) in [6, 6.07) is 8.07. The molecule has 1 aromatic heterocycles. The van der Waals surface area contributed by atoms with Gasteiger partial charge in [-0.25, -0.2) is 0 Å². The van der Waals surface area contributed by atoms with Crippen molar-refractivity contribution in [1.82, 2.24) is 4.98 Å². The molecule has 0 aliphatic heterocycles. The fraction of sp³-hybridized carbons (Fsp3) is 0.286. The molecule has 0 aliphatic rings. The maximum absolute atomic E-state index is 8.66. The summed E-state index contributed by atoms with van der Waals surface area (Å²) >= 11 is 0. The molecular weight excluding hydrogens is 224 g/mol. The third-order valence-corrected chi connectivity index (χ3v) is 3.02. The highest BCUT2D eigenvalue weighted by atomic mass is 15.1. The van der Waals surface area contributed by atoms with Crippen LogP contribution in [0.15, 0.2) is 24.4 Å². The summed E-state index contributed by atoms with van der Waals surface area (Å²) in [5.74, 6) is 0. The minimum atomic E-state index is 0.506. The van der Waals surface area contributed by atoms with Gasteiger partial charge in [-0.3, -0.25) is 4.98 Å². The summed E-state index contributed by atoms with van der Waals surface area (Å²) in [5, 5.41) is 10.7. The van der Waals surface area contributed by atoms with Crippen LogP contribution in [-0.4, -0.2) is 18.6 Å². The van der Waals surface area contributed by atoms with Gasteiger partial charge in [-0.1, -0.05) is 0 Å². The molecule has 0 saturated carbocycles. The van der Waals surface area contributed by atoms with Gasteiger partial charge in [0.25, 0.3) is 0 Å². The number of benzene rings is 1. The molecule has 92 valence electrons. The van der Waals surface area contributed by atoms with Crippen molar-refractivity contribution in [3.05, 3.63) is 30.1 Å². The van der Waals surface area contributed by atoms with Crippen molar-refractivity contribution >= 4 is 22.1 Å². The van der Waals surface area contributed by atoms with E-state index in [1.54, 1.807) is 0 Å². The molecule has 4 heteroatoms. The Morgan fingerprint density at radius 2 is 2.17 bits per heavy atom. The maximum Gasteiger partial charge on any atom is 0.0640 e. The SMILES string of the molecule is Cc1cc2c(N(C)CCC#N)ccc(N)c2cn1. The Kier molecular flexibility index (Phi) is 3.33. The lowest BCUT2D eigenvalue weighted by Crippen LogP contribution is -2.18. The van der Waals surface area contributed by atoms with E-state index in [0.717, 1.165) is 27.8 Å². The first-order valence-electron chi connectivity index (χ1n) is 5.86. The number of anilines is 2. The van der Waals surface area contributed by atoms with Crippen LogP contribution in [0.4, 0.5) is 11.4 Å². The first-order chi connectivity index (χ1) is 8.63. The monoisotopic (exact) mass is 240 g/mol. The summed E-state index contributed by atoms with van der Waals surface area (Å²) in [6.07, 6.45) is 2.31. The molecular formula is C14H16N4. The molecule has 0 saturated heterocycles. The standard InChI is InChI=1S/C14H16N4/c1-10-8-11-12(9-17-10)13(16)4-5-14(11)18(2)7-3-6-15/h4-5,8-9H,3,7,16H2,1-2H3. The average molecular weight is 240 g/mol. The van der Waals surface area contributed by atoms with E-state index >= 15 is 0 Å². The minimum absolute atomic E-state index is 0.506. The van der Waals surface area contributed by atoms with Gasteiger partial charge in [0.15, 0.2) is 0 Å². The molecule has 0 amide bonds. The zero-order valence-electron chi connectivity index (χ0n) is 10.6. The molecule has 0 unspecified atom stereocenters. The predicted octanol–water partition coefficient (Wildman–Crippen LogP) is 2.48. The number of hydrogen-bond donors (Lipinski definition) is 1. The van der Waals surface area contributed by atoms with Crippen molar-refractivity contribution < 1.29 is 0 Å². The number of hydrogen-bond acceptors (Lipinski definition) is 4. The molecule has 0 fully saturated rings. The van der Waals surface area contributed by atoms with E-state index in [1.165, 1.54) is 0 Å². The van der Waals surface area contributed by atoms with E-state index in [-0.39, 0.29) is 0 Å². The molecule has 0 radical (unpaired) electrons. The number of nitrogens with two attached hydrogens (primary N) is 1. The highest BCUT2D eigenvalue weighted by Gasteiger charge is 2.08. The molecule has 2 N–H and O–H groups in total. The van der Waals surface area contributed by atoms with Crippen molar-refractivity contribution in [2.45, 2.75) is 13.3 Å². The van der Waals surface area contributed by atoms with Crippen LogP contribution in [0.25, 0.3) is 10.8 Å². The Morgan fingerprint density at radius 3 is 2.89 bits per heavy atom. The minimum Gasteiger partial charge on any atom is -0.398 e. The number of nitrogen functional groups attached to an aromatic ring is 1. The smallest absolute Gasteiger partial charge is 0.0640 e. The molecule has 2 rings (SSSR count). The molecule has 1 aromatic carbocycles. The Bertz CT molecular complexity index is 613. The number of nitriles is 1. The van der Waals surface area contributed by atoms with Crippen molar-refractivity contribution in [3.8, 4) is 6.07 Å². The molecule has 2 aromatic rings. The number of aromatic nitrogens is 1. The van der Waals surface area contributed by atoms with Crippen LogP contribution in [0, 0.1) is 18.3 Å². The van der Waals surface area contributed by atoms with E-state index in [2.05, 4.69) is 16.0 Å². The van der Waals surface area contributed by atoms with Crippen LogP contribution < -0.4 is 10.6 Å². The number of fused-ring (bicyclic) bond motifs is 1. The Labute approximate surface area is 107 Å². The summed E-state index contributed by atoms with van der Waals surface area (Å²) < 4.78 is 0. The molecule has 0 atom stereocenters. The Balaban J connectivity index is 2.54. The Morgan fingerprint density at radius 1 is 1.39 bits per heavy atom. The van der Waals surface area contributed by atoms with Gasteiger partial charge >= 0.3 is 0 Å². The predicted molar refractivity (Wildman–Crippen MR) is 74.4 cm³/mol. The second kappa shape index (κ2) is 4.92. The van der Waals surface area contributed by atoms with Crippen LogP contribution >= 0.6 is 0 Å². The molecule has 0 spiro atoms. The highest BCUT2D eigenvalue weighted by Crippen LogP contribution is 2.30. The third-order valence-electron chi connectivity index (χ3n) is 3.02. The summed E-state index contributed by atoms with van der Waals surface area (Å²) in [6.45, 7) is 2.67. The van der Waals surface area contributed by atoms with E-state index in [9.17, 15) is 0 Å². The molecule has 18 heavy (non-hydrogen) atoms. The number of nitrogens with zero attached hydrogens (tertiary/aromatic N) is 3. The van der Waals surface area contributed by atoms with Gasteiger partial charge in [-0.2, -0.15) is 5.26 Å². The lowest BCUT2D eigenvalue weighted by molar-refractivity contribution is 0.909. The fourth-order valence-electron chi connectivity index (χ4n) is 2.02. The molecule has 1 heterocycles. The average Bonchev–Trinajstić information content (AvgIpc) is 2.36. The van der Waals surface area contributed by atoms with Gasteiger partial charge < -0.3 is 10.6 Å². The molecule has 0 bridgehead atoms. The van der Waals surface area contributed by atoms with Crippen LogP contribution in [0.2, 0.25) is 0 Å². The van der Waals surface area contributed by atoms with Crippen molar-refractivity contribution in [2.24, 2.45) is 0 Å². The van der Waals surface area contributed by atoms with Gasteiger partial charge in [-0.05, 0) is 25.1 Å². The van der Waals surface area contributed by atoms with Gasteiger partial charge in [0.05, 0.1) is 12.5 Å². The largest absolute Gasteiger partial charge is 0.398 e. The van der Waals surface area contributed by atoms with Crippen LogP contribution in [0.1, 0.15) is 12.1 Å². The maximum atomic E-state index is 8.66. The summed E-state index contributed by atoms with van der Waals surface area (Å²) in [4.78, 5) is 6.35. The lowest BCUT2D eigenvalue weighted by atomic mass is 10.1. The summed E-state index contributed by atoms with van der Waals surface area (Å²) in [7, 11) is 1.98. The first kappa shape index (κ1) is 12.2. The van der Waals surface area contributed by atoms with E-state index < -0.39 is 0 Å². The van der Waals surface area contributed by atoms with Crippen LogP contribution in [-0.2, 0) is 0 Å². The van der Waals surface area contributed by atoms with Gasteiger partial charge in [-0.15, -0.1) is 0 Å². The van der Waals surface area contributed by atoms with Crippen LogP contribution in [0.5, 0.6) is 0 Å². The zero-order chi connectivity index (χ0) is 13.1. The van der Waals surface area contributed by atoms with Crippen molar-refractivity contribution in [2.75, 3.05) is 24.2 Å². The van der Waals surface area contributed by atoms with E-state index in [1.807, 2.05) is 38.4 Å². The van der Waals surface area contributed by atoms with E-state index in [4.69, 9.17) is 11.0 Å². The zero-order valence-corrected chi connectivity index (χ0v) is 10.6. The molecule has 4 nitrogen and oxygen atoms in total.